The summed E-state index contributed by atoms with van der Waals surface area (Å²) < 4.78 is 17.3. The van der Waals surface area contributed by atoms with Crippen molar-refractivity contribution in [1.29, 1.82) is 0 Å². The summed E-state index contributed by atoms with van der Waals surface area (Å²) in [6, 6.07) is 4.70. The zero-order valence-electron chi connectivity index (χ0n) is 12.4. The highest BCUT2D eigenvalue weighted by Gasteiger charge is 2.22. The Morgan fingerprint density at radius 3 is 2.67 bits per heavy atom. The number of aromatic nitrogens is 4. The molecule has 3 rings (SSSR count). The van der Waals surface area contributed by atoms with Crippen LogP contribution in [0.2, 0.25) is 0 Å². The molecule has 0 N–H and O–H groups in total. The van der Waals surface area contributed by atoms with Crippen molar-refractivity contribution in [3.63, 3.8) is 0 Å². The molecule has 0 amide bonds. The fourth-order valence-electron chi connectivity index (χ4n) is 2.62. The first-order valence-electron chi connectivity index (χ1n) is 6.72. The fourth-order valence-corrected chi connectivity index (χ4v) is 2.76. The molecule has 2 aromatic heterocycles. The topological polar surface area (TPSA) is 35.6 Å². The molecule has 1 aromatic carbocycles. The molecular weight excluding hydrogens is 291 g/mol. The molecule has 0 aliphatic carbocycles. The van der Waals surface area contributed by atoms with Crippen molar-refractivity contribution in [3.05, 3.63) is 41.1 Å². The number of halogens is 2. The van der Waals surface area contributed by atoms with E-state index in [1.54, 1.807) is 10.7 Å². The first-order valence-corrected chi connectivity index (χ1v) is 7.16. The molecule has 3 aromatic rings. The van der Waals surface area contributed by atoms with Crippen molar-refractivity contribution in [2.45, 2.75) is 26.1 Å². The van der Waals surface area contributed by atoms with Gasteiger partial charge in [-0.1, -0.05) is 6.07 Å². The zero-order valence-corrected chi connectivity index (χ0v) is 13.1. The Bertz CT molecular complexity index is 832. The van der Waals surface area contributed by atoms with Gasteiger partial charge in [-0.2, -0.15) is 5.10 Å². The maximum atomic E-state index is 13.7. The second-order valence-electron chi connectivity index (χ2n) is 5.23. The maximum absolute atomic E-state index is 13.7. The number of hydrogen-bond acceptors (Lipinski definition) is 2. The Hall–Kier alpha value is -1.88. The quantitative estimate of drug-likeness (QED) is 0.675. The van der Waals surface area contributed by atoms with E-state index in [1.807, 2.05) is 32.4 Å². The molecule has 1 atom stereocenters. The molecule has 0 bridgehead atoms. The Kier molecular flexibility index (Phi) is 3.24. The standard InChI is InChI=1S/C15H16ClFN4/c1-8-5-6-11(17)7-12(8)21-14(9(2)16)18-13-10(3)19-20(4)15(13)21/h5-7,9H,1-4H3. The van der Waals surface area contributed by atoms with E-state index in [2.05, 4.69) is 10.1 Å². The van der Waals surface area contributed by atoms with Gasteiger partial charge in [0, 0.05) is 7.05 Å². The van der Waals surface area contributed by atoms with Crippen LogP contribution in [0.25, 0.3) is 16.9 Å². The van der Waals surface area contributed by atoms with Crippen LogP contribution in [0.15, 0.2) is 18.2 Å². The number of alkyl halides is 1. The van der Waals surface area contributed by atoms with Gasteiger partial charge in [-0.3, -0.25) is 4.57 Å². The molecule has 0 radical (unpaired) electrons. The van der Waals surface area contributed by atoms with Crippen LogP contribution in [0.5, 0.6) is 0 Å². The Balaban J connectivity index is 2.44. The van der Waals surface area contributed by atoms with Crippen molar-refractivity contribution in [1.82, 2.24) is 19.3 Å². The zero-order chi connectivity index (χ0) is 15.3. The summed E-state index contributed by atoms with van der Waals surface area (Å²) in [5, 5.41) is 4.09. The fraction of sp³-hybridized carbons (Fsp3) is 0.333. The van der Waals surface area contributed by atoms with Gasteiger partial charge < -0.3 is 0 Å². The summed E-state index contributed by atoms with van der Waals surface area (Å²) >= 11 is 6.28. The molecular formula is C15H16ClFN4. The van der Waals surface area contributed by atoms with E-state index in [-0.39, 0.29) is 11.2 Å². The number of aryl methyl sites for hydroxylation is 3. The summed E-state index contributed by atoms with van der Waals surface area (Å²) in [5.74, 6) is 0.404. The van der Waals surface area contributed by atoms with Crippen LogP contribution in [0, 0.1) is 19.7 Å². The smallest absolute Gasteiger partial charge is 0.163 e. The van der Waals surface area contributed by atoms with E-state index < -0.39 is 0 Å². The Morgan fingerprint density at radius 1 is 1.29 bits per heavy atom. The number of hydrogen-bond donors (Lipinski definition) is 0. The van der Waals surface area contributed by atoms with Gasteiger partial charge in [-0.05, 0) is 38.5 Å². The predicted octanol–water partition coefficient (Wildman–Crippen LogP) is 3.81. The normalized spacial score (nSPS) is 13.0. The van der Waals surface area contributed by atoms with Crippen LogP contribution in [-0.2, 0) is 7.05 Å². The van der Waals surface area contributed by atoms with E-state index in [4.69, 9.17) is 11.6 Å². The lowest BCUT2D eigenvalue weighted by Crippen LogP contribution is -2.07. The van der Waals surface area contributed by atoms with E-state index in [0.717, 1.165) is 28.1 Å². The molecule has 0 spiro atoms. The molecule has 1 unspecified atom stereocenters. The Labute approximate surface area is 127 Å². The number of imidazole rings is 1. The van der Waals surface area contributed by atoms with E-state index in [9.17, 15) is 4.39 Å². The lowest BCUT2D eigenvalue weighted by molar-refractivity contribution is 0.625. The highest BCUT2D eigenvalue weighted by atomic mass is 35.5. The van der Waals surface area contributed by atoms with Gasteiger partial charge in [0.2, 0.25) is 0 Å². The summed E-state index contributed by atoms with van der Waals surface area (Å²) in [4.78, 5) is 4.60. The van der Waals surface area contributed by atoms with Gasteiger partial charge in [-0.25, -0.2) is 14.1 Å². The summed E-state index contributed by atoms with van der Waals surface area (Å²) in [5.41, 5.74) is 4.14. The number of rotatable bonds is 2. The van der Waals surface area contributed by atoms with Crippen LogP contribution < -0.4 is 0 Å². The van der Waals surface area contributed by atoms with Crippen LogP contribution in [0.4, 0.5) is 4.39 Å². The second-order valence-corrected chi connectivity index (χ2v) is 5.89. The average Bonchev–Trinajstić information content (AvgIpc) is 2.92. The van der Waals surface area contributed by atoms with Crippen LogP contribution in [-0.4, -0.2) is 19.3 Å². The number of benzene rings is 1. The highest BCUT2D eigenvalue weighted by Crippen LogP contribution is 2.30. The SMILES string of the molecule is Cc1ccc(F)cc1-n1c(C(C)Cl)nc2c(C)nn(C)c21. The first-order chi connectivity index (χ1) is 9.90. The third-order valence-electron chi connectivity index (χ3n) is 3.60. The highest BCUT2D eigenvalue weighted by molar-refractivity contribution is 6.20. The lowest BCUT2D eigenvalue weighted by atomic mass is 10.2. The van der Waals surface area contributed by atoms with Crippen molar-refractivity contribution < 1.29 is 4.39 Å². The third-order valence-corrected chi connectivity index (χ3v) is 3.79. The third kappa shape index (κ3) is 2.12. The largest absolute Gasteiger partial charge is 0.279 e. The molecule has 110 valence electrons. The molecule has 4 nitrogen and oxygen atoms in total. The molecule has 0 fully saturated rings. The van der Waals surface area contributed by atoms with Crippen molar-refractivity contribution in [3.8, 4) is 5.69 Å². The number of nitrogens with zero attached hydrogens (tertiary/aromatic N) is 4. The van der Waals surface area contributed by atoms with Gasteiger partial charge in [0.25, 0.3) is 0 Å². The molecule has 0 aliphatic rings. The van der Waals surface area contributed by atoms with E-state index in [1.165, 1.54) is 12.1 Å². The van der Waals surface area contributed by atoms with E-state index >= 15 is 0 Å². The monoisotopic (exact) mass is 306 g/mol. The summed E-state index contributed by atoms with van der Waals surface area (Å²) in [7, 11) is 1.85. The van der Waals surface area contributed by atoms with Gasteiger partial charge in [0.05, 0.1) is 16.8 Å². The first kappa shape index (κ1) is 14.1. The lowest BCUT2D eigenvalue weighted by Gasteiger charge is -2.13. The van der Waals surface area contributed by atoms with Gasteiger partial charge in [-0.15, -0.1) is 11.6 Å². The maximum Gasteiger partial charge on any atom is 0.163 e. The van der Waals surface area contributed by atoms with Gasteiger partial charge in [0.15, 0.2) is 5.65 Å². The van der Waals surface area contributed by atoms with Gasteiger partial charge >= 0.3 is 0 Å². The minimum absolute atomic E-state index is 0.287. The molecule has 0 saturated carbocycles. The van der Waals surface area contributed by atoms with Crippen LogP contribution in [0.3, 0.4) is 0 Å². The van der Waals surface area contributed by atoms with Crippen molar-refractivity contribution in [2.75, 3.05) is 0 Å². The van der Waals surface area contributed by atoms with Crippen LogP contribution in [0.1, 0.15) is 29.4 Å². The van der Waals surface area contributed by atoms with E-state index in [0.29, 0.717) is 5.82 Å². The predicted molar refractivity (Wildman–Crippen MR) is 81.5 cm³/mol. The molecule has 6 heteroatoms. The molecule has 0 saturated heterocycles. The average molecular weight is 307 g/mol. The number of fused-ring (bicyclic) bond motifs is 1. The minimum Gasteiger partial charge on any atom is -0.279 e. The summed E-state index contributed by atoms with van der Waals surface area (Å²) in [6.07, 6.45) is 0. The molecule has 0 aliphatic heterocycles. The van der Waals surface area contributed by atoms with Crippen molar-refractivity contribution >= 4 is 22.8 Å². The van der Waals surface area contributed by atoms with Crippen molar-refractivity contribution in [2.24, 2.45) is 7.05 Å². The minimum atomic E-state index is -0.292. The molecule has 2 heterocycles. The summed E-state index contributed by atoms with van der Waals surface area (Å²) in [6.45, 7) is 5.70. The second kappa shape index (κ2) is 4.84. The van der Waals surface area contributed by atoms with Crippen LogP contribution >= 0.6 is 11.6 Å². The van der Waals surface area contributed by atoms with Gasteiger partial charge in [0.1, 0.15) is 17.2 Å². The molecule has 21 heavy (non-hydrogen) atoms. The Morgan fingerprint density at radius 2 is 2.00 bits per heavy atom.